The molecule has 1 aliphatic rings. The molecule has 0 aliphatic carbocycles. The van der Waals surface area contributed by atoms with Crippen molar-refractivity contribution in [2.45, 2.75) is 25.3 Å². The van der Waals surface area contributed by atoms with Gasteiger partial charge in [-0.15, -0.1) is 0 Å². The third-order valence-corrected chi connectivity index (χ3v) is 4.49. The Morgan fingerprint density at radius 2 is 2.30 bits per heavy atom. The van der Waals surface area contributed by atoms with E-state index in [0.717, 1.165) is 12.2 Å². The summed E-state index contributed by atoms with van der Waals surface area (Å²) in [7, 11) is 0. The number of carbonyl (C=O) groups is 1. The zero-order chi connectivity index (χ0) is 13.9. The normalized spacial score (nSPS) is 18.1. The molecule has 0 saturated heterocycles. The smallest absolute Gasteiger partial charge is 0.221 e. The van der Waals surface area contributed by atoms with Crippen molar-refractivity contribution < 1.29 is 4.79 Å². The first-order chi connectivity index (χ1) is 9.74. The van der Waals surface area contributed by atoms with Gasteiger partial charge in [0, 0.05) is 24.6 Å². The number of thiophene rings is 1. The van der Waals surface area contributed by atoms with Gasteiger partial charge in [0.25, 0.3) is 0 Å². The molecule has 2 unspecified atom stereocenters. The van der Waals surface area contributed by atoms with Gasteiger partial charge in [-0.25, -0.2) is 0 Å². The van der Waals surface area contributed by atoms with Crippen LogP contribution in [0.2, 0.25) is 0 Å². The topological polar surface area (TPSA) is 41.1 Å². The molecule has 1 amide bonds. The van der Waals surface area contributed by atoms with E-state index in [-0.39, 0.29) is 17.9 Å². The van der Waals surface area contributed by atoms with Crippen LogP contribution in [0.3, 0.4) is 0 Å². The van der Waals surface area contributed by atoms with Crippen molar-refractivity contribution in [1.29, 1.82) is 0 Å². The van der Waals surface area contributed by atoms with Crippen LogP contribution in [0, 0.1) is 0 Å². The first-order valence-electron chi connectivity index (χ1n) is 6.88. The molecule has 0 fully saturated rings. The third-order valence-electron chi connectivity index (χ3n) is 3.79. The second kappa shape index (κ2) is 5.67. The maximum absolute atomic E-state index is 12.2. The maximum atomic E-state index is 12.2. The number of rotatable bonds is 4. The molecule has 1 aromatic heterocycles. The van der Waals surface area contributed by atoms with Gasteiger partial charge in [0.15, 0.2) is 0 Å². The Morgan fingerprint density at radius 1 is 1.45 bits per heavy atom. The van der Waals surface area contributed by atoms with Gasteiger partial charge in [0.2, 0.25) is 5.91 Å². The second-order valence-electron chi connectivity index (χ2n) is 5.22. The highest BCUT2D eigenvalue weighted by Crippen LogP contribution is 2.33. The van der Waals surface area contributed by atoms with Crippen molar-refractivity contribution in [3.63, 3.8) is 0 Å². The number of amides is 1. The van der Waals surface area contributed by atoms with Crippen LogP contribution in [-0.2, 0) is 4.79 Å². The van der Waals surface area contributed by atoms with Crippen molar-refractivity contribution in [1.82, 2.24) is 5.32 Å². The molecule has 0 bridgehead atoms. The van der Waals surface area contributed by atoms with Crippen LogP contribution in [0.5, 0.6) is 0 Å². The predicted molar refractivity (Wildman–Crippen MR) is 83.2 cm³/mol. The minimum Gasteiger partial charge on any atom is -0.384 e. The highest BCUT2D eigenvalue weighted by molar-refractivity contribution is 7.07. The van der Waals surface area contributed by atoms with Gasteiger partial charge in [-0.3, -0.25) is 4.79 Å². The van der Waals surface area contributed by atoms with Gasteiger partial charge in [-0.2, -0.15) is 11.3 Å². The number of carbonyl (C=O) groups excluding carboxylic acids is 1. The van der Waals surface area contributed by atoms with Gasteiger partial charge in [-0.05, 0) is 40.9 Å². The van der Waals surface area contributed by atoms with E-state index in [1.807, 2.05) is 24.4 Å². The molecule has 2 N–H and O–H groups in total. The summed E-state index contributed by atoms with van der Waals surface area (Å²) in [6.07, 6.45) is 0.540. The lowest BCUT2D eigenvalue weighted by molar-refractivity contribution is -0.122. The summed E-state index contributed by atoms with van der Waals surface area (Å²) in [5.74, 6) is 0.396. The van der Waals surface area contributed by atoms with Gasteiger partial charge < -0.3 is 10.6 Å². The Kier molecular flexibility index (Phi) is 3.74. The van der Waals surface area contributed by atoms with Crippen LogP contribution < -0.4 is 10.6 Å². The van der Waals surface area contributed by atoms with E-state index >= 15 is 0 Å². The summed E-state index contributed by atoms with van der Waals surface area (Å²) in [4.78, 5) is 12.2. The fourth-order valence-electron chi connectivity index (χ4n) is 2.67. The van der Waals surface area contributed by atoms with Crippen molar-refractivity contribution >= 4 is 22.9 Å². The Bertz CT molecular complexity index is 594. The maximum Gasteiger partial charge on any atom is 0.221 e. The highest BCUT2D eigenvalue weighted by Gasteiger charge is 2.24. The minimum absolute atomic E-state index is 0.0818. The van der Waals surface area contributed by atoms with Gasteiger partial charge in [-0.1, -0.05) is 18.2 Å². The number of fused-ring (bicyclic) bond motifs is 1. The number of benzene rings is 1. The molecular formula is C16H18N2OS. The average molecular weight is 286 g/mol. The van der Waals surface area contributed by atoms with Crippen LogP contribution in [-0.4, -0.2) is 12.5 Å². The molecule has 0 spiro atoms. The fourth-order valence-corrected chi connectivity index (χ4v) is 3.42. The van der Waals surface area contributed by atoms with E-state index < -0.39 is 0 Å². The molecule has 1 aliphatic heterocycles. The standard InChI is InChI=1S/C16H18N2OS/c1-11(12-6-7-20-10-12)18-16(19)8-13-9-17-15-5-3-2-4-14(13)15/h2-7,10-11,13,17H,8-9H2,1H3,(H,18,19). The quantitative estimate of drug-likeness (QED) is 0.903. The third kappa shape index (κ3) is 2.70. The van der Waals surface area contributed by atoms with E-state index in [2.05, 4.69) is 34.2 Å². The van der Waals surface area contributed by atoms with Crippen LogP contribution in [0.1, 0.15) is 36.4 Å². The van der Waals surface area contributed by atoms with E-state index in [1.54, 1.807) is 11.3 Å². The van der Waals surface area contributed by atoms with Crippen molar-refractivity contribution in [3.05, 3.63) is 52.2 Å². The molecule has 0 radical (unpaired) electrons. The molecule has 3 nitrogen and oxygen atoms in total. The van der Waals surface area contributed by atoms with Crippen LogP contribution in [0.15, 0.2) is 41.1 Å². The molecule has 104 valence electrons. The first kappa shape index (κ1) is 13.2. The number of anilines is 1. The largest absolute Gasteiger partial charge is 0.384 e. The van der Waals surface area contributed by atoms with Crippen molar-refractivity contribution in [2.24, 2.45) is 0 Å². The molecule has 2 atom stereocenters. The summed E-state index contributed by atoms with van der Waals surface area (Å²) in [5.41, 5.74) is 3.59. The van der Waals surface area contributed by atoms with E-state index in [9.17, 15) is 4.79 Å². The summed E-state index contributed by atoms with van der Waals surface area (Å²) in [6.45, 7) is 2.88. The first-order valence-corrected chi connectivity index (χ1v) is 7.82. The minimum atomic E-state index is 0.0818. The highest BCUT2D eigenvalue weighted by atomic mass is 32.1. The van der Waals surface area contributed by atoms with Crippen LogP contribution in [0.25, 0.3) is 0 Å². The Morgan fingerprint density at radius 3 is 3.10 bits per heavy atom. The zero-order valence-electron chi connectivity index (χ0n) is 11.4. The SMILES string of the molecule is CC(NC(=O)CC1CNc2ccccc21)c1ccsc1. The van der Waals surface area contributed by atoms with Gasteiger partial charge >= 0.3 is 0 Å². The number of nitrogens with one attached hydrogen (secondary N) is 2. The predicted octanol–water partition coefficient (Wildman–Crippen LogP) is 3.52. The molecule has 1 aromatic carbocycles. The summed E-state index contributed by atoms with van der Waals surface area (Å²) in [5, 5.41) is 10.6. The molecule has 3 rings (SSSR count). The number of hydrogen-bond donors (Lipinski definition) is 2. The molecule has 4 heteroatoms. The fraction of sp³-hybridized carbons (Fsp3) is 0.312. The van der Waals surface area contributed by atoms with Crippen LogP contribution >= 0.6 is 11.3 Å². The van der Waals surface area contributed by atoms with Crippen molar-refractivity contribution in [3.8, 4) is 0 Å². The number of hydrogen-bond acceptors (Lipinski definition) is 3. The average Bonchev–Trinajstić information content (AvgIpc) is 3.09. The summed E-state index contributed by atoms with van der Waals surface area (Å²) < 4.78 is 0. The van der Waals surface area contributed by atoms with Gasteiger partial charge in [0.1, 0.15) is 0 Å². The summed E-state index contributed by atoms with van der Waals surface area (Å²) >= 11 is 1.66. The number of para-hydroxylation sites is 1. The second-order valence-corrected chi connectivity index (χ2v) is 6.00. The molecule has 2 heterocycles. The van der Waals surface area contributed by atoms with Crippen LogP contribution in [0.4, 0.5) is 5.69 Å². The lowest BCUT2D eigenvalue weighted by Gasteiger charge is -2.15. The molecule has 2 aromatic rings. The Hall–Kier alpha value is -1.81. The van der Waals surface area contributed by atoms with Gasteiger partial charge in [0.05, 0.1) is 6.04 Å². The molecule has 20 heavy (non-hydrogen) atoms. The lowest BCUT2D eigenvalue weighted by atomic mass is 9.97. The zero-order valence-corrected chi connectivity index (χ0v) is 12.2. The van der Waals surface area contributed by atoms with E-state index in [4.69, 9.17) is 0 Å². The molecular weight excluding hydrogens is 268 g/mol. The monoisotopic (exact) mass is 286 g/mol. The lowest BCUT2D eigenvalue weighted by Crippen LogP contribution is -2.28. The summed E-state index contributed by atoms with van der Waals surface area (Å²) in [6, 6.07) is 10.4. The molecule has 0 saturated carbocycles. The Balaban J connectivity index is 1.60. The van der Waals surface area contributed by atoms with E-state index in [0.29, 0.717) is 6.42 Å². The Labute approximate surface area is 123 Å². The van der Waals surface area contributed by atoms with Crippen molar-refractivity contribution in [2.75, 3.05) is 11.9 Å². The van der Waals surface area contributed by atoms with E-state index in [1.165, 1.54) is 11.1 Å².